The Kier molecular flexibility index (Phi) is 12.1. The molecule has 0 N–H and O–H groups in total. The van der Waals surface area contributed by atoms with Gasteiger partial charge in [-0.2, -0.15) is 47.0 Å². The van der Waals surface area contributed by atoms with E-state index < -0.39 is 0 Å². The zero-order valence-corrected chi connectivity index (χ0v) is 32.0. The van der Waals surface area contributed by atoms with Crippen LogP contribution in [0.4, 0.5) is 0 Å². The van der Waals surface area contributed by atoms with Gasteiger partial charge in [-0.1, -0.05) is 78.1 Å². The first-order valence-electron chi connectivity index (χ1n) is 16.1. The average molecular weight is 695 g/mol. The van der Waals surface area contributed by atoms with Gasteiger partial charge >= 0.3 is 41.3 Å². The summed E-state index contributed by atoms with van der Waals surface area (Å²) in [7, 11) is 0. The molecule has 5 aliphatic rings. The molecule has 0 nitrogen and oxygen atoms in total. The first-order chi connectivity index (χ1) is 19.2. The van der Waals surface area contributed by atoms with E-state index in [4.69, 9.17) is 0 Å². The molecular formula is C40H52Cl2Zr-2. The van der Waals surface area contributed by atoms with Gasteiger partial charge in [0.15, 0.2) is 0 Å². The van der Waals surface area contributed by atoms with Crippen LogP contribution in [-0.4, -0.2) is 3.21 Å². The fourth-order valence-electron chi connectivity index (χ4n) is 8.29. The van der Waals surface area contributed by atoms with Crippen molar-refractivity contribution in [1.29, 1.82) is 0 Å². The number of hydrogen-bond acceptors (Lipinski definition) is 0. The van der Waals surface area contributed by atoms with E-state index in [2.05, 4.69) is 117 Å². The molecule has 232 valence electrons. The summed E-state index contributed by atoms with van der Waals surface area (Å²) in [5.41, 5.74) is 11.8. The molecule has 0 unspecified atom stereocenters. The molecule has 0 heterocycles. The molecule has 3 aromatic rings. The standard InChI is InChI=1S/C21H25.C16H21.C3H6.2ClH.Zr/c1-20(2,3)16-7-9-18-14(12-16)11-15-13-17(21(4,5)6)8-10-19(15)18;1-10-2-3-13(4-10)16-14-6-11-5-12(8-14)9-15(16)7-11;1-3-2;;;/h7-10,12H,11H2,1-6H3;2-4,11-12,14-16H,5-9H2,1H3;1-2H3;2*1H;/q2*-1;;;;+2/p-2. The van der Waals surface area contributed by atoms with Crippen LogP contribution in [0.1, 0.15) is 127 Å². The van der Waals surface area contributed by atoms with E-state index in [1.807, 2.05) is 0 Å². The Morgan fingerprint density at radius 1 is 0.791 bits per heavy atom. The second-order valence-corrected chi connectivity index (χ2v) is 18.4. The predicted octanol–water partition coefficient (Wildman–Crippen LogP) is 4.66. The molecule has 0 saturated heterocycles. The van der Waals surface area contributed by atoms with Crippen LogP contribution in [0.15, 0.2) is 48.5 Å². The van der Waals surface area contributed by atoms with E-state index in [9.17, 15) is 0 Å². The van der Waals surface area contributed by atoms with Crippen LogP contribution in [0.2, 0.25) is 0 Å². The van der Waals surface area contributed by atoms with Crippen molar-refractivity contribution in [2.75, 3.05) is 0 Å². The predicted molar refractivity (Wildman–Crippen MR) is 174 cm³/mol. The van der Waals surface area contributed by atoms with E-state index in [1.165, 1.54) is 42.2 Å². The number of fused-ring (bicyclic) bond motifs is 3. The molecular weight excluding hydrogens is 643 g/mol. The first kappa shape index (κ1) is 36.6. The average Bonchev–Trinajstić information content (AvgIpc) is 3.44. The SMILES string of the molecule is CC(C)(C)c1[c-]c2c(cc1)-c1ccc(C(C)(C)C)cc1C2.C[C](C)=[Zr+2].Cc1cc(C2C3CC4CC(C3)CC2C4)c[cH-]1.[Cl-].[Cl-]. The number of hydrogen-bond donors (Lipinski definition) is 0. The van der Waals surface area contributed by atoms with Crippen molar-refractivity contribution >= 4 is 3.21 Å². The second kappa shape index (κ2) is 14.3. The number of rotatable bonds is 1. The van der Waals surface area contributed by atoms with E-state index >= 15 is 0 Å². The van der Waals surface area contributed by atoms with Crippen LogP contribution in [0, 0.1) is 36.7 Å². The summed E-state index contributed by atoms with van der Waals surface area (Å²) < 4.78 is 1.51. The maximum Gasteiger partial charge on any atom is -0.0407 e. The molecule has 0 spiro atoms. The quantitative estimate of drug-likeness (QED) is 0.255. The van der Waals surface area contributed by atoms with Crippen molar-refractivity contribution in [2.45, 2.75) is 118 Å². The van der Waals surface area contributed by atoms with Gasteiger partial charge in [0.05, 0.1) is 0 Å². The molecule has 0 aliphatic heterocycles. The smallest absolute Gasteiger partial charge is 0.0407 e. The molecule has 0 radical (unpaired) electrons. The minimum absolute atomic E-state index is 0. The van der Waals surface area contributed by atoms with Crippen LogP contribution in [-0.2, 0) is 41.5 Å². The van der Waals surface area contributed by atoms with E-state index in [0.717, 1.165) is 36.0 Å². The van der Waals surface area contributed by atoms with Crippen LogP contribution in [0.25, 0.3) is 11.1 Å². The van der Waals surface area contributed by atoms with Gasteiger partial charge in [0, 0.05) is 0 Å². The molecule has 0 amide bonds. The molecule has 0 atom stereocenters. The van der Waals surface area contributed by atoms with Gasteiger partial charge in [0.2, 0.25) is 0 Å². The summed E-state index contributed by atoms with van der Waals surface area (Å²) in [5.74, 6) is 5.22. The summed E-state index contributed by atoms with van der Waals surface area (Å²) >= 11 is 1.55. The summed E-state index contributed by atoms with van der Waals surface area (Å²) in [6.45, 7) is 20.1. The fourth-order valence-corrected chi connectivity index (χ4v) is 8.29. The number of halogens is 2. The molecule has 0 aromatic heterocycles. The third-order valence-corrected chi connectivity index (χ3v) is 10.0. The van der Waals surface area contributed by atoms with Gasteiger partial charge in [0.25, 0.3) is 0 Å². The molecule has 3 aromatic carbocycles. The molecule has 5 aliphatic carbocycles. The van der Waals surface area contributed by atoms with Gasteiger partial charge in [-0.15, -0.1) is 11.1 Å². The minimum atomic E-state index is 0. The largest absolute Gasteiger partial charge is 1.00 e. The van der Waals surface area contributed by atoms with Gasteiger partial charge in [0.1, 0.15) is 0 Å². The topological polar surface area (TPSA) is 0 Å². The minimum Gasteiger partial charge on any atom is -1.00 e. The van der Waals surface area contributed by atoms with Crippen LogP contribution in [0.3, 0.4) is 0 Å². The van der Waals surface area contributed by atoms with Crippen LogP contribution < -0.4 is 24.8 Å². The Labute approximate surface area is 290 Å². The maximum atomic E-state index is 3.67. The summed E-state index contributed by atoms with van der Waals surface area (Å²) in [6, 6.07) is 22.3. The first-order valence-corrected chi connectivity index (χ1v) is 17.4. The zero-order chi connectivity index (χ0) is 29.7. The normalized spacial score (nSPS) is 24.3. The maximum absolute atomic E-state index is 3.67. The van der Waals surface area contributed by atoms with Crippen LogP contribution in [0.5, 0.6) is 0 Å². The van der Waals surface area contributed by atoms with Crippen molar-refractivity contribution in [1.82, 2.24) is 0 Å². The zero-order valence-electron chi connectivity index (χ0n) is 28.0. The van der Waals surface area contributed by atoms with Crippen molar-refractivity contribution in [3.05, 3.63) is 88.0 Å². The Morgan fingerprint density at radius 2 is 1.35 bits per heavy atom. The molecule has 4 saturated carbocycles. The molecule has 8 rings (SSSR count). The van der Waals surface area contributed by atoms with Crippen molar-refractivity contribution in [3.8, 4) is 11.1 Å². The van der Waals surface area contributed by atoms with Gasteiger partial charge < -0.3 is 24.8 Å². The summed E-state index contributed by atoms with van der Waals surface area (Å²) in [5, 5.41) is 0. The van der Waals surface area contributed by atoms with E-state index in [-0.39, 0.29) is 35.6 Å². The molecule has 3 heteroatoms. The summed E-state index contributed by atoms with van der Waals surface area (Å²) in [4.78, 5) is 0. The second-order valence-electron chi connectivity index (χ2n) is 16.0. The third kappa shape index (κ3) is 8.49. The van der Waals surface area contributed by atoms with Crippen molar-refractivity contribution < 1.29 is 49.0 Å². The van der Waals surface area contributed by atoms with Gasteiger partial charge in [-0.25, -0.2) is 6.07 Å². The van der Waals surface area contributed by atoms with E-state index in [1.54, 1.807) is 61.9 Å². The van der Waals surface area contributed by atoms with Crippen LogP contribution >= 0.6 is 0 Å². The number of benzene rings is 2. The van der Waals surface area contributed by atoms with Crippen molar-refractivity contribution in [3.63, 3.8) is 0 Å². The molecule has 4 bridgehead atoms. The Bertz CT molecular complexity index is 1300. The van der Waals surface area contributed by atoms with Gasteiger partial charge in [-0.05, 0) is 84.2 Å². The monoisotopic (exact) mass is 692 g/mol. The Morgan fingerprint density at radius 3 is 1.84 bits per heavy atom. The molecule has 43 heavy (non-hydrogen) atoms. The van der Waals surface area contributed by atoms with Crippen molar-refractivity contribution in [2.24, 2.45) is 23.7 Å². The summed E-state index contributed by atoms with van der Waals surface area (Å²) in [6.07, 6.45) is 8.77. The molecule has 4 fully saturated rings. The fraction of sp³-hybridized carbons (Fsp3) is 0.550. The van der Waals surface area contributed by atoms with E-state index in [0.29, 0.717) is 0 Å². The Hall–Kier alpha value is -0.877. The number of aryl methyl sites for hydroxylation is 1. The van der Waals surface area contributed by atoms with Gasteiger partial charge in [-0.3, -0.25) is 0 Å². The third-order valence-electron chi connectivity index (χ3n) is 10.0. The Balaban J connectivity index is 0.000000205.